The summed E-state index contributed by atoms with van der Waals surface area (Å²) in [7, 11) is 3.13. The minimum atomic E-state index is -0.477. The number of likely N-dealkylation sites (tertiary alicyclic amines) is 1. The van der Waals surface area contributed by atoms with Crippen LogP contribution in [0.1, 0.15) is 34.9 Å². The summed E-state index contributed by atoms with van der Waals surface area (Å²) in [5, 5.41) is 10.6. The van der Waals surface area contributed by atoms with Gasteiger partial charge in [-0.15, -0.1) is 0 Å². The van der Waals surface area contributed by atoms with E-state index in [0.29, 0.717) is 30.2 Å². The highest BCUT2D eigenvalue weighted by molar-refractivity contribution is 5.95. The third kappa shape index (κ3) is 3.83. The van der Waals surface area contributed by atoms with Gasteiger partial charge in [0.1, 0.15) is 0 Å². The average molecular weight is 355 g/mol. The van der Waals surface area contributed by atoms with Crippen LogP contribution in [0.25, 0.3) is 0 Å². The number of benzene rings is 2. The van der Waals surface area contributed by atoms with Gasteiger partial charge in [0.25, 0.3) is 5.91 Å². The molecule has 1 aliphatic rings. The minimum absolute atomic E-state index is 0.0152. The molecule has 2 aromatic carbocycles. The maximum atomic E-state index is 12.8. The zero-order valence-electron chi connectivity index (χ0n) is 15.2. The van der Waals surface area contributed by atoms with Gasteiger partial charge in [-0.25, -0.2) is 0 Å². The fraction of sp³-hybridized carbons (Fsp3) is 0.381. The molecular formula is C21H25NO4. The molecular weight excluding hydrogens is 330 g/mol. The molecule has 138 valence electrons. The number of methoxy groups -OCH3 is 2. The summed E-state index contributed by atoms with van der Waals surface area (Å²) in [5.41, 5.74) is 1.53. The monoisotopic (exact) mass is 355 g/mol. The molecule has 1 heterocycles. The van der Waals surface area contributed by atoms with Crippen molar-refractivity contribution in [3.63, 3.8) is 0 Å². The van der Waals surface area contributed by atoms with Crippen molar-refractivity contribution in [2.24, 2.45) is 5.92 Å². The quantitative estimate of drug-likeness (QED) is 0.894. The van der Waals surface area contributed by atoms with Crippen LogP contribution in [-0.2, 0) is 0 Å². The van der Waals surface area contributed by atoms with Crippen LogP contribution in [0.15, 0.2) is 48.5 Å². The third-order valence-electron chi connectivity index (χ3n) is 5.04. The summed E-state index contributed by atoms with van der Waals surface area (Å²) in [4.78, 5) is 14.6. The zero-order valence-corrected chi connectivity index (χ0v) is 15.2. The minimum Gasteiger partial charge on any atom is -0.493 e. The van der Waals surface area contributed by atoms with E-state index in [1.807, 2.05) is 35.2 Å². The molecule has 26 heavy (non-hydrogen) atoms. The number of hydrogen-bond acceptors (Lipinski definition) is 4. The molecule has 0 saturated carbocycles. The molecule has 2 aromatic rings. The summed E-state index contributed by atoms with van der Waals surface area (Å²) >= 11 is 0. The molecule has 1 amide bonds. The first-order chi connectivity index (χ1) is 12.6. The molecule has 5 heteroatoms. The number of aliphatic hydroxyl groups is 1. The molecule has 1 unspecified atom stereocenters. The maximum Gasteiger partial charge on any atom is 0.253 e. The van der Waals surface area contributed by atoms with Crippen LogP contribution in [0.4, 0.5) is 0 Å². The predicted octanol–water partition coefficient (Wildman–Crippen LogP) is 3.29. The van der Waals surface area contributed by atoms with E-state index >= 15 is 0 Å². The molecule has 0 aromatic heterocycles. The van der Waals surface area contributed by atoms with E-state index in [9.17, 15) is 9.90 Å². The fourth-order valence-electron chi connectivity index (χ4n) is 3.49. The Morgan fingerprint density at radius 3 is 2.31 bits per heavy atom. The van der Waals surface area contributed by atoms with Gasteiger partial charge in [-0.05, 0) is 42.5 Å². The highest BCUT2D eigenvalue weighted by Crippen LogP contribution is 2.32. The van der Waals surface area contributed by atoms with Gasteiger partial charge in [-0.3, -0.25) is 4.79 Å². The Kier molecular flexibility index (Phi) is 5.78. The summed E-state index contributed by atoms with van der Waals surface area (Å²) in [6.07, 6.45) is 1.10. The lowest BCUT2D eigenvalue weighted by atomic mass is 9.87. The van der Waals surface area contributed by atoms with Crippen LogP contribution in [0.3, 0.4) is 0 Å². The number of hydrogen-bond donors (Lipinski definition) is 1. The van der Waals surface area contributed by atoms with E-state index in [4.69, 9.17) is 9.47 Å². The van der Waals surface area contributed by atoms with Crippen molar-refractivity contribution in [1.82, 2.24) is 4.90 Å². The summed E-state index contributed by atoms with van der Waals surface area (Å²) in [6, 6.07) is 14.9. The summed E-state index contributed by atoms with van der Waals surface area (Å²) < 4.78 is 10.5. The number of amides is 1. The van der Waals surface area contributed by atoms with Crippen LogP contribution < -0.4 is 9.47 Å². The van der Waals surface area contributed by atoms with Crippen molar-refractivity contribution < 1.29 is 19.4 Å². The van der Waals surface area contributed by atoms with E-state index in [-0.39, 0.29) is 11.8 Å². The first kappa shape index (κ1) is 18.3. The molecule has 1 saturated heterocycles. The van der Waals surface area contributed by atoms with E-state index in [0.717, 1.165) is 18.4 Å². The molecule has 1 atom stereocenters. The Morgan fingerprint density at radius 2 is 1.69 bits per heavy atom. The van der Waals surface area contributed by atoms with Crippen LogP contribution >= 0.6 is 0 Å². The lowest BCUT2D eigenvalue weighted by Crippen LogP contribution is -2.39. The predicted molar refractivity (Wildman–Crippen MR) is 99.6 cm³/mol. The molecule has 0 radical (unpaired) electrons. The molecule has 1 fully saturated rings. The van der Waals surface area contributed by atoms with Crippen molar-refractivity contribution in [3.05, 3.63) is 59.7 Å². The normalized spacial score (nSPS) is 16.2. The standard InChI is InChI=1S/C21H25NO4/c1-25-18-9-8-17(14-19(18)26-2)21(24)22-12-10-16(11-13-22)20(23)15-6-4-3-5-7-15/h3-9,14,16,20,23H,10-13H2,1-2H3. The molecule has 0 aliphatic carbocycles. The first-order valence-electron chi connectivity index (χ1n) is 8.88. The number of piperidine rings is 1. The van der Waals surface area contributed by atoms with Crippen molar-refractivity contribution in [1.29, 1.82) is 0 Å². The highest BCUT2D eigenvalue weighted by atomic mass is 16.5. The van der Waals surface area contributed by atoms with Crippen molar-refractivity contribution in [2.75, 3.05) is 27.3 Å². The van der Waals surface area contributed by atoms with E-state index < -0.39 is 6.10 Å². The Morgan fingerprint density at radius 1 is 1.04 bits per heavy atom. The third-order valence-corrected chi connectivity index (χ3v) is 5.04. The van der Waals surface area contributed by atoms with Crippen molar-refractivity contribution in [2.45, 2.75) is 18.9 Å². The second-order valence-corrected chi connectivity index (χ2v) is 6.55. The molecule has 1 N–H and O–H groups in total. The summed E-state index contributed by atoms with van der Waals surface area (Å²) in [6.45, 7) is 1.28. The second-order valence-electron chi connectivity index (χ2n) is 6.55. The van der Waals surface area contributed by atoms with E-state index in [2.05, 4.69) is 0 Å². The lowest BCUT2D eigenvalue weighted by molar-refractivity contribution is 0.0462. The molecule has 0 spiro atoms. The number of carbonyl (C=O) groups excluding carboxylic acids is 1. The van der Waals surface area contributed by atoms with E-state index in [1.54, 1.807) is 32.4 Å². The number of carbonyl (C=O) groups is 1. The van der Waals surface area contributed by atoms with Crippen LogP contribution in [0, 0.1) is 5.92 Å². The lowest BCUT2D eigenvalue weighted by Gasteiger charge is -2.34. The van der Waals surface area contributed by atoms with Crippen LogP contribution in [0.5, 0.6) is 11.5 Å². The van der Waals surface area contributed by atoms with Gasteiger partial charge < -0.3 is 19.5 Å². The molecule has 1 aliphatic heterocycles. The van der Waals surface area contributed by atoms with Gasteiger partial charge in [-0.2, -0.15) is 0 Å². The van der Waals surface area contributed by atoms with Gasteiger partial charge in [0.2, 0.25) is 0 Å². The van der Waals surface area contributed by atoms with Crippen molar-refractivity contribution in [3.8, 4) is 11.5 Å². The molecule has 3 rings (SSSR count). The Bertz CT molecular complexity index is 739. The smallest absolute Gasteiger partial charge is 0.253 e. The average Bonchev–Trinajstić information content (AvgIpc) is 2.73. The van der Waals surface area contributed by atoms with Gasteiger partial charge in [0.05, 0.1) is 20.3 Å². The molecule has 5 nitrogen and oxygen atoms in total. The number of aliphatic hydroxyl groups excluding tert-OH is 1. The number of rotatable bonds is 5. The van der Waals surface area contributed by atoms with Crippen LogP contribution in [0.2, 0.25) is 0 Å². The Balaban J connectivity index is 1.63. The topological polar surface area (TPSA) is 59.0 Å². The van der Waals surface area contributed by atoms with Gasteiger partial charge in [0.15, 0.2) is 11.5 Å². The number of ether oxygens (including phenoxy) is 2. The second kappa shape index (κ2) is 8.23. The van der Waals surface area contributed by atoms with Gasteiger partial charge >= 0.3 is 0 Å². The number of nitrogens with zero attached hydrogens (tertiary/aromatic N) is 1. The first-order valence-corrected chi connectivity index (χ1v) is 8.88. The zero-order chi connectivity index (χ0) is 18.5. The van der Waals surface area contributed by atoms with E-state index in [1.165, 1.54) is 0 Å². The Hall–Kier alpha value is -2.53. The largest absolute Gasteiger partial charge is 0.493 e. The van der Waals surface area contributed by atoms with Gasteiger partial charge in [0, 0.05) is 18.7 Å². The Labute approximate surface area is 154 Å². The summed E-state index contributed by atoms with van der Waals surface area (Å²) in [5.74, 6) is 1.31. The van der Waals surface area contributed by atoms with Crippen molar-refractivity contribution >= 4 is 5.91 Å². The van der Waals surface area contributed by atoms with Crippen LogP contribution in [-0.4, -0.2) is 43.2 Å². The molecule has 0 bridgehead atoms. The van der Waals surface area contributed by atoms with Gasteiger partial charge in [-0.1, -0.05) is 30.3 Å². The maximum absolute atomic E-state index is 12.8. The SMILES string of the molecule is COc1ccc(C(=O)N2CCC(C(O)c3ccccc3)CC2)cc1OC. The highest BCUT2D eigenvalue weighted by Gasteiger charge is 2.29. The fourth-order valence-corrected chi connectivity index (χ4v) is 3.49.